The van der Waals surface area contributed by atoms with Crippen LogP contribution in [0.2, 0.25) is 5.02 Å². The second kappa shape index (κ2) is 9.62. The standard InChI is InChI=1S/C23H23ClN4O4S/c24-17-2-1-3-18(11-17)28-14-26-27-22(28)33-12-21(29)25-13-23(6-8-30-9-7-23)16-4-5-19-20(10-16)32-15-31-19/h1-5,10-11,14H,6-9,12-13,15H2,(H,25,29). The molecule has 0 bridgehead atoms. The second-order valence-corrected chi connectivity index (χ2v) is 9.37. The van der Waals surface area contributed by atoms with Crippen LogP contribution in [0.4, 0.5) is 0 Å². The van der Waals surface area contributed by atoms with E-state index in [0.717, 1.165) is 35.6 Å². The largest absolute Gasteiger partial charge is 0.454 e. The Balaban J connectivity index is 1.24. The van der Waals surface area contributed by atoms with Crippen molar-refractivity contribution in [2.75, 3.05) is 32.3 Å². The number of amides is 1. The number of nitrogens with one attached hydrogen (secondary N) is 1. The Morgan fingerprint density at radius 1 is 1.15 bits per heavy atom. The number of rotatable bonds is 7. The zero-order valence-corrected chi connectivity index (χ0v) is 19.4. The van der Waals surface area contributed by atoms with Gasteiger partial charge in [0.1, 0.15) is 6.33 Å². The molecule has 1 saturated heterocycles. The van der Waals surface area contributed by atoms with E-state index in [2.05, 4.69) is 21.6 Å². The molecule has 172 valence electrons. The molecule has 0 spiro atoms. The molecule has 1 amide bonds. The van der Waals surface area contributed by atoms with Gasteiger partial charge in [-0.25, -0.2) is 0 Å². The highest BCUT2D eigenvalue weighted by molar-refractivity contribution is 7.99. The third kappa shape index (κ3) is 4.80. The Hall–Kier alpha value is -2.75. The van der Waals surface area contributed by atoms with E-state index in [1.165, 1.54) is 11.8 Å². The van der Waals surface area contributed by atoms with E-state index in [1.54, 1.807) is 6.33 Å². The van der Waals surface area contributed by atoms with Crippen molar-refractivity contribution in [2.45, 2.75) is 23.4 Å². The van der Waals surface area contributed by atoms with Gasteiger partial charge in [-0.05, 0) is 48.7 Å². The number of hydrogen-bond acceptors (Lipinski definition) is 7. The molecule has 8 nitrogen and oxygen atoms in total. The lowest BCUT2D eigenvalue weighted by atomic mass is 9.74. The van der Waals surface area contributed by atoms with Gasteiger partial charge in [0, 0.05) is 30.2 Å². The van der Waals surface area contributed by atoms with Crippen molar-refractivity contribution in [3.05, 3.63) is 59.4 Å². The van der Waals surface area contributed by atoms with Crippen molar-refractivity contribution in [3.63, 3.8) is 0 Å². The monoisotopic (exact) mass is 486 g/mol. The van der Waals surface area contributed by atoms with E-state index in [-0.39, 0.29) is 23.9 Å². The fourth-order valence-corrected chi connectivity index (χ4v) is 5.07. The molecule has 5 rings (SSSR count). The van der Waals surface area contributed by atoms with Gasteiger partial charge in [-0.15, -0.1) is 10.2 Å². The molecule has 2 aliphatic heterocycles. The highest BCUT2D eigenvalue weighted by atomic mass is 35.5. The van der Waals surface area contributed by atoms with Crippen LogP contribution in [0.3, 0.4) is 0 Å². The van der Waals surface area contributed by atoms with Gasteiger partial charge in [-0.3, -0.25) is 9.36 Å². The molecule has 3 aromatic rings. The maximum atomic E-state index is 12.8. The number of benzene rings is 2. The summed E-state index contributed by atoms with van der Waals surface area (Å²) in [6, 6.07) is 13.4. The summed E-state index contributed by atoms with van der Waals surface area (Å²) in [5.41, 5.74) is 1.77. The first-order valence-electron chi connectivity index (χ1n) is 10.7. The summed E-state index contributed by atoms with van der Waals surface area (Å²) in [5, 5.41) is 12.5. The van der Waals surface area contributed by atoms with Crippen LogP contribution in [-0.2, 0) is 14.9 Å². The fourth-order valence-electron chi connectivity index (χ4n) is 4.13. The predicted octanol–water partition coefficient (Wildman–Crippen LogP) is 3.61. The summed E-state index contributed by atoms with van der Waals surface area (Å²) in [4.78, 5) is 12.8. The van der Waals surface area contributed by atoms with Gasteiger partial charge < -0.3 is 19.5 Å². The van der Waals surface area contributed by atoms with Crippen molar-refractivity contribution in [3.8, 4) is 17.2 Å². The van der Waals surface area contributed by atoms with E-state index in [0.29, 0.717) is 29.9 Å². The number of nitrogens with zero attached hydrogens (tertiary/aromatic N) is 3. The zero-order valence-electron chi connectivity index (χ0n) is 17.8. The lowest BCUT2D eigenvalue weighted by molar-refractivity contribution is -0.119. The summed E-state index contributed by atoms with van der Waals surface area (Å²) in [7, 11) is 0. The molecule has 0 unspecified atom stereocenters. The number of aromatic nitrogens is 3. The molecular weight excluding hydrogens is 464 g/mol. The van der Waals surface area contributed by atoms with Crippen LogP contribution < -0.4 is 14.8 Å². The van der Waals surface area contributed by atoms with Crippen molar-refractivity contribution in [1.82, 2.24) is 20.1 Å². The number of carbonyl (C=O) groups excluding carboxylic acids is 1. The van der Waals surface area contributed by atoms with Crippen LogP contribution in [0, 0.1) is 0 Å². The van der Waals surface area contributed by atoms with Crippen molar-refractivity contribution >= 4 is 29.3 Å². The third-order valence-corrected chi connectivity index (χ3v) is 7.17. The molecule has 1 aromatic heterocycles. The molecule has 1 fully saturated rings. The molecule has 0 atom stereocenters. The summed E-state index contributed by atoms with van der Waals surface area (Å²) < 4.78 is 18.4. The van der Waals surface area contributed by atoms with Crippen molar-refractivity contribution < 1.29 is 19.0 Å². The minimum Gasteiger partial charge on any atom is -0.454 e. The molecule has 3 heterocycles. The molecule has 0 aliphatic carbocycles. The molecule has 0 radical (unpaired) electrons. The van der Waals surface area contributed by atoms with Crippen LogP contribution in [0.5, 0.6) is 11.5 Å². The molecule has 2 aromatic carbocycles. The number of carbonyl (C=O) groups is 1. The summed E-state index contributed by atoms with van der Waals surface area (Å²) in [5.74, 6) is 1.67. The first-order chi connectivity index (χ1) is 16.1. The number of halogens is 1. The topological polar surface area (TPSA) is 87.5 Å². The molecule has 1 N–H and O–H groups in total. The van der Waals surface area contributed by atoms with E-state index in [1.807, 2.05) is 41.0 Å². The summed E-state index contributed by atoms with van der Waals surface area (Å²) >= 11 is 7.44. The zero-order chi connectivity index (χ0) is 22.7. The van der Waals surface area contributed by atoms with Crippen LogP contribution >= 0.6 is 23.4 Å². The minimum absolute atomic E-state index is 0.0627. The first kappa shape index (κ1) is 22.1. The normalized spacial score (nSPS) is 16.5. The number of fused-ring (bicyclic) bond motifs is 1. The molecule has 10 heteroatoms. The van der Waals surface area contributed by atoms with E-state index in [4.69, 9.17) is 25.8 Å². The van der Waals surface area contributed by atoms with E-state index >= 15 is 0 Å². The van der Waals surface area contributed by atoms with Crippen LogP contribution in [0.1, 0.15) is 18.4 Å². The van der Waals surface area contributed by atoms with E-state index in [9.17, 15) is 4.79 Å². The maximum Gasteiger partial charge on any atom is 0.231 e. The van der Waals surface area contributed by atoms with Gasteiger partial charge in [-0.2, -0.15) is 0 Å². The Labute approximate surface area is 200 Å². The van der Waals surface area contributed by atoms with Gasteiger partial charge in [0.15, 0.2) is 16.7 Å². The average molecular weight is 487 g/mol. The molecule has 2 aliphatic rings. The Morgan fingerprint density at radius 2 is 2.00 bits per heavy atom. The third-order valence-electron chi connectivity index (χ3n) is 5.99. The lowest BCUT2D eigenvalue weighted by Gasteiger charge is -2.38. The number of hydrogen-bond donors (Lipinski definition) is 1. The second-order valence-electron chi connectivity index (χ2n) is 7.99. The Morgan fingerprint density at radius 3 is 2.85 bits per heavy atom. The SMILES string of the molecule is O=C(CSc1nncn1-c1cccc(Cl)c1)NCC1(c2ccc3c(c2)OCO3)CCOCC1. The first-order valence-corrected chi connectivity index (χ1v) is 12.0. The van der Waals surface area contributed by atoms with Gasteiger partial charge in [0.05, 0.1) is 11.4 Å². The van der Waals surface area contributed by atoms with Crippen LogP contribution in [0.15, 0.2) is 53.9 Å². The van der Waals surface area contributed by atoms with Crippen molar-refractivity contribution in [1.29, 1.82) is 0 Å². The van der Waals surface area contributed by atoms with Crippen LogP contribution in [0.25, 0.3) is 5.69 Å². The highest BCUT2D eigenvalue weighted by Crippen LogP contribution is 2.40. The van der Waals surface area contributed by atoms with Gasteiger partial charge in [-0.1, -0.05) is 35.5 Å². The predicted molar refractivity (Wildman–Crippen MR) is 124 cm³/mol. The molecule has 0 saturated carbocycles. The number of thioether (sulfide) groups is 1. The minimum atomic E-state index is -0.208. The fraction of sp³-hybridized carbons (Fsp3) is 0.348. The Bertz CT molecular complexity index is 1150. The lowest BCUT2D eigenvalue weighted by Crippen LogP contribution is -2.45. The van der Waals surface area contributed by atoms with Crippen LogP contribution in [-0.4, -0.2) is 53.0 Å². The van der Waals surface area contributed by atoms with Gasteiger partial charge in [0.2, 0.25) is 12.7 Å². The summed E-state index contributed by atoms with van der Waals surface area (Å²) in [6.45, 7) is 2.07. The quantitative estimate of drug-likeness (QED) is 0.510. The highest BCUT2D eigenvalue weighted by Gasteiger charge is 2.36. The van der Waals surface area contributed by atoms with E-state index < -0.39 is 0 Å². The molecule has 33 heavy (non-hydrogen) atoms. The maximum absolute atomic E-state index is 12.8. The Kier molecular flexibility index (Phi) is 6.43. The van der Waals surface area contributed by atoms with Gasteiger partial charge in [0.25, 0.3) is 0 Å². The smallest absolute Gasteiger partial charge is 0.231 e. The van der Waals surface area contributed by atoms with Crippen molar-refractivity contribution in [2.24, 2.45) is 0 Å². The summed E-state index contributed by atoms with van der Waals surface area (Å²) in [6.07, 6.45) is 3.26. The average Bonchev–Trinajstić information content (AvgIpc) is 3.51. The van der Waals surface area contributed by atoms with Gasteiger partial charge >= 0.3 is 0 Å². The molecular formula is C23H23ClN4O4S. The number of ether oxygens (including phenoxy) is 3.